The molecular formula is C16H15Cl2N. The molecule has 1 heterocycles. The van der Waals surface area contributed by atoms with Crippen LogP contribution in [0.2, 0.25) is 10.0 Å². The lowest BCUT2D eigenvalue weighted by Gasteiger charge is -2.14. The first kappa shape index (κ1) is 12.8. The van der Waals surface area contributed by atoms with Gasteiger partial charge in [0.15, 0.2) is 0 Å². The molecule has 0 amide bonds. The SMILES string of the molecule is CCC(C)n1c2ccc(Cl)cc2c2cc(Cl)ccc21. The van der Waals surface area contributed by atoms with Gasteiger partial charge in [0.05, 0.1) is 0 Å². The van der Waals surface area contributed by atoms with E-state index >= 15 is 0 Å². The van der Waals surface area contributed by atoms with Crippen molar-refractivity contribution in [2.24, 2.45) is 0 Å². The minimum absolute atomic E-state index is 0.447. The minimum atomic E-state index is 0.447. The summed E-state index contributed by atoms with van der Waals surface area (Å²) in [6, 6.07) is 12.6. The topological polar surface area (TPSA) is 4.93 Å². The maximum absolute atomic E-state index is 6.14. The van der Waals surface area contributed by atoms with E-state index in [0.717, 1.165) is 16.5 Å². The summed E-state index contributed by atoms with van der Waals surface area (Å²) in [6.07, 6.45) is 1.09. The second kappa shape index (κ2) is 4.73. The molecule has 1 nitrogen and oxygen atoms in total. The second-order valence-corrected chi connectivity index (χ2v) is 5.82. The van der Waals surface area contributed by atoms with E-state index in [9.17, 15) is 0 Å². The Morgan fingerprint density at radius 2 is 1.42 bits per heavy atom. The molecule has 0 saturated carbocycles. The summed E-state index contributed by atoms with van der Waals surface area (Å²) in [5, 5.41) is 3.86. The molecule has 0 saturated heterocycles. The monoisotopic (exact) mass is 291 g/mol. The van der Waals surface area contributed by atoms with Gasteiger partial charge in [0, 0.05) is 37.9 Å². The molecule has 0 fully saturated rings. The first-order valence-electron chi connectivity index (χ1n) is 6.50. The molecule has 1 atom stereocenters. The summed E-state index contributed by atoms with van der Waals surface area (Å²) in [5.41, 5.74) is 2.44. The third-order valence-corrected chi connectivity index (χ3v) is 4.23. The Kier molecular flexibility index (Phi) is 3.20. The molecule has 19 heavy (non-hydrogen) atoms. The van der Waals surface area contributed by atoms with E-state index in [0.29, 0.717) is 6.04 Å². The molecule has 3 heteroatoms. The number of fused-ring (bicyclic) bond motifs is 3. The van der Waals surface area contributed by atoms with E-state index in [4.69, 9.17) is 23.2 Å². The van der Waals surface area contributed by atoms with Gasteiger partial charge in [0.25, 0.3) is 0 Å². The molecule has 0 spiro atoms. The molecule has 3 aromatic rings. The van der Waals surface area contributed by atoms with Gasteiger partial charge in [0.1, 0.15) is 0 Å². The van der Waals surface area contributed by atoms with Crippen LogP contribution in [-0.4, -0.2) is 4.57 Å². The van der Waals surface area contributed by atoms with E-state index in [2.05, 4.69) is 30.5 Å². The van der Waals surface area contributed by atoms with Gasteiger partial charge in [-0.3, -0.25) is 0 Å². The van der Waals surface area contributed by atoms with Crippen LogP contribution < -0.4 is 0 Å². The summed E-state index contributed by atoms with van der Waals surface area (Å²) >= 11 is 12.3. The smallest absolute Gasteiger partial charge is 0.0494 e. The third kappa shape index (κ3) is 2.01. The van der Waals surface area contributed by atoms with Gasteiger partial charge in [0.2, 0.25) is 0 Å². The van der Waals surface area contributed by atoms with Crippen LogP contribution in [0.25, 0.3) is 21.8 Å². The zero-order chi connectivity index (χ0) is 13.6. The average molecular weight is 292 g/mol. The molecule has 1 unspecified atom stereocenters. The quantitative estimate of drug-likeness (QED) is 0.540. The number of aromatic nitrogens is 1. The minimum Gasteiger partial charge on any atom is -0.338 e. The molecule has 1 aromatic heterocycles. The molecule has 98 valence electrons. The summed E-state index contributed by atoms with van der Waals surface area (Å²) in [7, 11) is 0. The van der Waals surface area contributed by atoms with Crippen LogP contribution in [0.15, 0.2) is 36.4 Å². The number of hydrogen-bond acceptors (Lipinski definition) is 0. The number of halogens is 2. The normalized spacial score (nSPS) is 13.3. The van der Waals surface area contributed by atoms with E-state index in [-0.39, 0.29) is 0 Å². The zero-order valence-corrected chi connectivity index (χ0v) is 12.5. The summed E-state index contributed by atoms with van der Waals surface area (Å²) in [4.78, 5) is 0. The standard InChI is InChI=1S/C16H15Cl2N/c1-3-10(2)19-15-6-4-11(17)8-13(15)14-9-12(18)5-7-16(14)19/h4-10H,3H2,1-2H3. The Bertz CT molecular complexity index is 699. The fourth-order valence-electron chi connectivity index (χ4n) is 2.66. The van der Waals surface area contributed by atoms with Crippen LogP contribution in [0.5, 0.6) is 0 Å². The Morgan fingerprint density at radius 3 is 1.84 bits per heavy atom. The van der Waals surface area contributed by atoms with Gasteiger partial charge in [-0.15, -0.1) is 0 Å². The van der Waals surface area contributed by atoms with Crippen molar-refractivity contribution in [3.8, 4) is 0 Å². The molecule has 0 aliphatic rings. The first-order chi connectivity index (χ1) is 9.11. The highest BCUT2D eigenvalue weighted by atomic mass is 35.5. The van der Waals surface area contributed by atoms with Crippen molar-refractivity contribution in [2.75, 3.05) is 0 Å². The third-order valence-electron chi connectivity index (χ3n) is 3.76. The lowest BCUT2D eigenvalue weighted by Crippen LogP contribution is -2.02. The summed E-state index contributed by atoms with van der Waals surface area (Å²) < 4.78 is 2.37. The molecule has 0 radical (unpaired) electrons. The van der Waals surface area contributed by atoms with Gasteiger partial charge in [-0.25, -0.2) is 0 Å². The zero-order valence-electron chi connectivity index (χ0n) is 11.0. The van der Waals surface area contributed by atoms with E-state index in [1.807, 2.05) is 24.3 Å². The maximum Gasteiger partial charge on any atom is 0.0494 e. The van der Waals surface area contributed by atoms with Crippen molar-refractivity contribution in [3.63, 3.8) is 0 Å². The van der Waals surface area contributed by atoms with Gasteiger partial charge in [-0.1, -0.05) is 30.1 Å². The molecule has 0 aliphatic heterocycles. The lowest BCUT2D eigenvalue weighted by molar-refractivity contribution is 0.563. The van der Waals surface area contributed by atoms with Crippen molar-refractivity contribution in [1.82, 2.24) is 4.57 Å². The Morgan fingerprint density at radius 1 is 0.947 bits per heavy atom. The van der Waals surface area contributed by atoms with Gasteiger partial charge >= 0.3 is 0 Å². The van der Waals surface area contributed by atoms with Crippen molar-refractivity contribution >= 4 is 45.0 Å². The first-order valence-corrected chi connectivity index (χ1v) is 7.26. The average Bonchev–Trinajstić information content (AvgIpc) is 2.71. The van der Waals surface area contributed by atoms with Crippen LogP contribution in [-0.2, 0) is 0 Å². The van der Waals surface area contributed by atoms with Gasteiger partial charge in [-0.05, 0) is 49.7 Å². The molecule has 0 N–H and O–H groups in total. The predicted molar refractivity (Wildman–Crippen MR) is 84.5 cm³/mol. The van der Waals surface area contributed by atoms with Crippen LogP contribution in [0.3, 0.4) is 0 Å². The number of nitrogens with zero attached hydrogens (tertiary/aromatic N) is 1. The Hall–Kier alpha value is -1.18. The molecule has 0 bridgehead atoms. The highest BCUT2D eigenvalue weighted by Crippen LogP contribution is 2.35. The Balaban J connectivity index is 2.50. The fourth-order valence-corrected chi connectivity index (χ4v) is 3.00. The highest BCUT2D eigenvalue weighted by Gasteiger charge is 2.14. The highest BCUT2D eigenvalue weighted by molar-refractivity contribution is 6.33. The largest absolute Gasteiger partial charge is 0.338 e. The second-order valence-electron chi connectivity index (χ2n) is 4.95. The van der Waals surface area contributed by atoms with Crippen LogP contribution >= 0.6 is 23.2 Å². The fraction of sp³-hybridized carbons (Fsp3) is 0.250. The molecule has 3 rings (SSSR count). The maximum atomic E-state index is 6.14. The molecule has 0 aliphatic carbocycles. The van der Waals surface area contributed by atoms with E-state index in [1.165, 1.54) is 21.8 Å². The summed E-state index contributed by atoms with van der Waals surface area (Å²) in [6.45, 7) is 4.44. The number of rotatable bonds is 2. The summed E-state index contributed by atoms with van der Waals surface area (Å²) in [5.74, 6) is 0. The van der Waals surface area contributed by atoms with Crippen LogP contribution in [0, 0.1) is 0 Å². The Labute approximate surface area is 122 Å². The predicted octanol–water partition coefficient (Wildman–Crippen LogP) is 6.07. The van der Waals surface area contributed by atoms with Crippen LogP contribution in [0.1, 0.15) is 26.3 Å². The van der Waals surface area contributed by atoms with Gasteiger partial charge in [-0.2, -0.15) is 0 Å². The van der Waals surface area contributed by atoms with Crippen molar-refractivity contribution in [1.29, 1.82) is 0 Å². The lowest BCUT2D eigenvalue weighted by atomic mass is 10.1. The van der Waals surface area contributed by atoms with E-state index in [1.54, 1.807) is 0 Å². The van der Waals surface area contributed by atoms with Crippen LogP contribution in [0.4, 0.5) is 0 Å². The van der Waals surface area contributed by atoms with Crippen molar-refractivity contribution < 1.29 is 0 Å². The van der Waals surface area contributed by atoms with E-state index < -0.39 is 0 Å². The number of benzene rings is 2. The molecule has 2 aromatic carbocycles. The van der Waals surface area contributed by atoms with Crippen molar-refractivity contribution in [3.05, 3.63) is 46.4 Å². The van der Waals surface area contributed by atoms with Gasteiger partial charge < -0.3 is 4.57 Å². The number of hydrogen-bond donors (Lipinski definition) is 0. The molecular weight excluding hydrogens is 277 g/mol. The van der Waals surface area contributed by atoms with Crippen molar-refractivity contribution in [2.45, 2.75) is 26.3 Å².